The molecule has 2 saturated carbocycles. The van der Waals surface area contributed by atoms with E-state index in [1.54, 1.807) is 0 Å². The molecule has 2 fully saturated rings. The van der Waals surface area contributed by atoms with Crippen molar-refractivity contribution in [2.75, 3.05) is 13.1 Å². The molecule has 0 amide bonds. The SMILES string of the molecule is O=C(O)CN(CC1CCCCC1)C1CC1. The van der Waals surface area contributed by atoms with Gasteiger partial charge in [0, 0.05) is 12.6 Å². The number of carboxylic acid groups (broad SMARTS) is 1. The van der Waals surface area contributed by atoms with E-state index < -0.39 is 5.97 Å². The first-order valence-electron chi connectivity index (χ1n) is 6.21. The van der Waals surface area contributed by atoms with Crippen molar-refractivity contribution in [3.63, 3.8) is 0 Å². The molecule has 1 N–H and O–H groups in total. The molecule has 0 aromatic carbocycles. The summed E-state index contributed by atoms with van der Waals surface area (Å²) in [4.78, 5) is 12.9. The van der Waals surface area contributed by atoms with E-state index in [2.05, 4.69) is 4.90 Å². The molecule has 0 spiro atoms. The zero-order valence-corrected chi connectivity index (χ0v) is 9.32. The maximum atomic E-state index is 10.7. The molecule has 0 aliphatic heterocycles. The molecule has 2 aliphatic carbocycles. The Morgan fingerprint density at radius 2 is 1.80 bits per heavy atom. The summed E-state index contributed by atoms with van der Waals surface area (Å²) in [6.07, 6.45) is 9.09. The minimum absolute atomic E-state index is 0.251. The summed E-state index contributed by atoms with van der Waals surface area (Å²) in [5.74, 6) is 0.0939. The summed E-state index contributed by atoms with van der Waals surface area (Å²) in [6, 6.07) is 0.586. The Hall–Kier alpha value is -0.570. The van der Waals surface area contributed by atoms with Gasteiger partial charge in [-0.3, -0.25) is 9.69 Å². The third kappa shape index (κ3) is 3.49. The van der Waals surface area contributed by atoms with Crippen molar-refractivity contribution < 1.29 is 9.90 Å². The Labute approximate surface area is 91.5 Å². The number of nitrogens with zero attached hydrogens (tertiary/aromatic N) is 1. The highest BCUT2D eigenvalue weighted by atomic mass is 16.4. The molecule has 0 bridgehead atoms. The lowest BCUT2D eigenvalue weighted by molar-refractivity contribution is -0.138. The minimum atomic E-state index is -0.669. The first-order valence-corrected chi connectivity index (χ1v) is 6.21. The molecule has 0 aromatic rings. The lowest BCUT2D eigenvalue weighted by Crippen LogP contribution is -2.36. The summed E-state index contributed by atoms with van der Waals surface area (Å²) >= 11 is 0. The zero-order valence-electron chi connectivity index (χ0n) is 9.32. The molecule has 3 heteroatoms. The predicted octanol–water partition coefficient (Wildman–Crippen LogP) is 2.12. The lowest BCUT2D eigenvalue weighted by atomic mass is 9.89. The Balaban J connectivity index is 1.79. The van der Waals surface area contributed by atoms with Gasteiger partial charge in [-0.25, -0.2) is 0 Å². The fourth-order valence-electron chi connectivity index (χ4n) is 2.66. The van der Waals surface area contributed by atoms with Crippen LogP contribution in [0.1, 0.15) is 44.9 Å². The van der Waals surface area contributed by atoms with Gasteiger partial charge in [-0.1, -0.05) is 19.3 Å². The van der Waals surface area contributed by atoms with Crippen molar-refractivity contribution in [1.82, 2.24) is 4.90 Å². The molecule has 3 nitrogen and oxygen atoms in total. The Morgan fingerprint density at radius 1 is 1.13 bits per heavy atom. The first kappa shape index (κ1) is 10.9. The van der Waals surface area contributed by atoms with E-state index in [1.165, 1.54) is 44.9 Å². The Bertz CT molecular complexity index is 220. The molecule has 0 radical (unpaired) electrons. The highest BCUT2D eigenvalue weighted by Crippen LogP contribution is 2.30. The number of carboxylic acids is 1. The van der Waals surface area contributed by atoms with Gasteiger partial charge in [-0.15, -0.1) is 0 Å². The molecule has 2 rings (SSSR count). The fourth-order valence-corrected chi connectivity index (χ4v) is 2.66. The van der Waals surface area contributed by atoms with Crippen LogP contribution in [0.4, 0.5) is 0 Å². The highest BCUT2D eigenvalue weighted by Gasteiger charge is 2.31. The normalized spacial score (nSPS) is 23.3. The average molecular weight is 211 g/mol. The predicted molar refractivity (Wildman–Crippen MR) is 58.8 cm³/mol. The molecular weight excluding hydrogens is 190 g/mol. The van der Waals surface area contributed by atoms with E-state index >= 15 is 0 Å². The summed E-state index contributed by atoms with van der Waals surface area (Å²) in [7, 11) is 0. The van der Waals surface area contributed by atoms with E-state index in [1.807, 2.05) is 0 Å². The molecule has 0 atom stereocenters. The Kier molecular flexibility index (Phi) is 3.62. The number of aliphatic carboxylic acids is 1. The van der Waals surface area contributed by atoms with Crippen LogP contribution >= 0.6 is 0 Å². The summed E-state index contributed by atoms with van der Waals surface area (Å²) in [5, 5.41) is 8.85. The minimum Gasteiger partial charge on any atom is -0.480 e. The zero-order chi connectivity index (χ0) is 10.7. The van der Waals surface area contributed by atoms with Gasteiger partial charge in [0.25, 0.3) is 0 Å². The standard InChI is InChI=1S/C12H21NO2/c14-12(15)9-13(11-6-7-11)8-10-4-2-1-3-5-10/h10-11H,1-9H2,(H,14,15). The molecule has 86 valence electrons. The summed E-state index contributed by atoms with van der Waals surface area (Å²) in [5.41, 5.74) is 0. The van der Waals surface area contributed by atoms with Crippen LogP contribution in [0.5, 0.6) is 0 Å². The molecule has 0 heterocycles. The van der Waals surface area contributed by atoms with Gasteiger partial charge >= 0.3 is 5.97 Å². The van der Waals surface area contributed by atoms with E-state index in [0.29, 0.717) is 6.04 Å². The monoisotopic (exact) mass is 211 g/mol. The van der Waals surface area contributed by atoms with Crippen LogP contribution in [0.3, 0.4) is 0 Å². The van der Waals surface area contributed by atoms with Gasteiger partial charge in [0.15, 0.2) is 0 Å². The van der Waals surface area contributed by atoms with E-state index in [9.17, 15) is 4.79 Å². The van der Waals surface area contributed by atoms with Gasteiger partial charge in [0.05, 0.1) is 6.54 Å². The second kappa shape index (κ2) is 4.97. The van der Waals surface area contributed by atoms with Crippen LogP contribution in [0, 0.1) is 5.92 Å². The van der Waals surface area contributed by atoms with Crippen LogP contribution in [-0.2, 0) is 4.79 Å². The van der Waals surface area contributed by atoms with Gasteiger partial charge in [0.2, 0.25) is 0 Å². The van der Waals surface area contributed by atoms with Crippen molar-refractivity contribution in [2.24, 2.45) is 5.92 Å². The van der Waals surface area contributed by atoms with Gasteiger partial charge < -0.3 is 5.11 Å². The van der Waals surface area contributed by atoms with E-state index in [0.717, 1.165) is 12.5 Å². The second-order valence-corrected chi connectivity index (χ2v) is 5.06. The van der Waals surface area contributed by atoms with Gasteiger partial charge in [-0.05, 0) is 31.6 Å². The van der Waals surface area contributed by atoms with Crippen molar-refractivity contribution in [2.45, 2.75) is 51.0 Å². The summed E-state index contributed by atoms with van der Waals surface area (Å²) < 4.78 is 0. The fraction of sp³-hybridized carbons (Fsp3) is 0.917. The van der Waals surface area contributed by atoms with E-state index in [-0.39, 0.29) is 6.54 Å². The maximum Gasteiger partial charge on any atom is 0.317 e. The van der Waals surface area contributed by atoms with Crippen LogP contribution in [-0.4, -0.2) is 35.1 Å². The van der Waals surface area contributed by atoms with Crippen molar-refractivity contribution in [3.05, 3.63) is 0 Å². The van der Waals surface area contributed by atoms with Crippen LogP contribution in [0.2, 0.25) is 0 Å². The lowest BCUT2D eigenvalue weighted by Gasteiger charge is -2.28. The highest BCUT2D eigenvalue weighted by molar-refractivity contribution is 5.69. The average Bonchev–Trinajstić information content (AvgIpc) is 3.01. The quantitative estimate of drug-likeness (QED) is 0.757. The van der Waals surface area contributed by atoms with Gasteiger partial charge in [0.1, 0.15) is 0 Å². The first-order chi connectivity index (χ1) is 7.25. The maximum absolute atomic E-state index is 10.7. The molecule has 2 aliphatic rings. The van der Waals surface area contributed by atoms with Crippen LogP contribution in [0.25, 0.3) is 0 Å². The molecular formula is C12H21NO2. The third-order valence-corrected chi connectivity index (χ3v) is 3.62. The van der Waals surface area contributed by atoms with Crippen molar-refractivity contribution in [1.29, 1.82) is 0 Å². The molecule has 15 heavy (non-hydrogen) atoms. The van der Waals surface area contributed by atoms with Crippen LogP contribution < -0.4 is 0 Å². The topological polar surface area (TPSA) is 40.5 Å². The van der Waals surface area contributed by atoms with Crippen molar-refractivity contribution >= 4 is 5.97 Å². The van der Waals surface area contributed by atoms with Crippen LogP contribution in [0.15, 0.2) is 0 Å². The second-order valence-electron chi connectivity index (χ2n) is 5.06. The van der Waals surface area contributed by atoms with Gasteiger partial charge in [-0.2, -0.15) is 0 Å². The largest absolute Gasteiger partial charge is 0.480 e. The summed E-state index contributed by atoms with van der Waals surface area (Å²) in [6.45, 7) is 1.28. The molecule has 0 saturated heterocycles. The molecule has 0 unspecified atom stereocenters. The van der Waals surface area contributed by atoms with Crippen molar-refractivity contribution in [3.8, 4) is 0 Å². The third-order valence-electron chi connectivity index (χ3n) is 3.62. The van der Waals surface area contributed by atoms with E-state index in [4.69, 9.17) is 5.11 Å². The number of rotatable bonds is 5. The smallest absolute Gasteiger partial charge is 0.317 e. The molecule has 0 aromatic heterocycles. The number of hydrogen-bond acceptors (Lipinski definition) is 2. The Morgan fingerprint density at radius 3 is 2.33 bits per heavy atom. The number of carbonyl (C=O) groups is 1. The number of hydrogen-bond donors (Lipinski definition) is 1.